The number of hydrogen-bond donors (Lipinski definition) is 1. The molecule has 1 atom stereocenters. The number of benzene rings is 1. The molecule has 6 heteroatoms. The van der Waals surface area contributed by atoms with Gasteiger partial charge in [0.25, 0.3) is 0 Å². The van der Waals surface area contributed by atoms with Crippen molar-refractivity contribution in [3.05, 3.63) is 30.5 Å². The summed E-state index contributed by atoms with van der Waals surface area (Å²) in [6, 6.07) is 7.09. The highest BCUT2D eigenvalue weighted by Crippen LogP contribution is 2.26. The highest BCUT2D eigenvalue weighted by molar-refractivity contribution is 7.77. The van der Waals surface area contributed by atoms with Gasteiger partial charge in [-0.3, -0.25) is 8.18 Å². The Kier molecular flexibility index (Phi) is 3.78. The molecular weight excluding hydrogens is 240 g/mol. The normalized spacial score (nSPS) is 12.8. The first-order valence-corrected chi connectivity index (χ1v) is 6.24. The molecule has 0 bridgehead atoms. The fourth-order valence-electron chi connectivity index (χ4n) is 1.63. The van der Waals surface area contributed by atoms with Crippen LogP contribution in [0.2, 0.25) is 0 Å². The average molecular weight is 253 g/mol. The van der Waals surface area contributed by atoms with Crippen LogP contribution in [0, 0.1) is 0 Å². The van der Waals surface area contributed by atoms with Crippen molar-refractivity contribution < 1.29 is 13.5 Å². The van der Waals surface area contributed by atoms with Crippen LogP contribution in [-0.4, -0.2) is 32.9 Å². The summed E-state index contributed by atoms with van der Waals surface area (Å²) >= 11 is -2.29. The lowest BCUT2D eigenvalue weighted by Crippen LogP contribution is -2.15. The largest absolute Gasteiger partial charge is 0.755 e. The van der Waals surface area contributed by atoms with E-state index >= 15 is 0 Å². The van der Waals surface area contributed by atoms with Crippen LogP contribution in [0.3, 0.4) is 0 Å². The van der Waals surface area contributed by atoms with E-state index in [1.54, 1.807) is 18.2 Å². The lowest BCUT2D eigenvalue weighted by molar-refractivity contribution is 0.322. The summed E-state index contributed by atoms with van der Waals surface area (Å²) in [5.74, 6) is 0.696. The van der Waals surface area contributed by atoms with E-state index in [9.17, 15) is 8.76 Å². The number of ether oxygens (including phenoxy) is 1. The van der Waals surface area contributed by atoms with Crippen LogP contribution in [0.5, 0.6) is 5.75 Å². The number of fused-ring (bicyclic) bond motifs is 1. The molecule has 1 N–H and O–H groups in total. The molecular formula is C11H13N2O3S-. The highest BCUT2D eigenvalue weighted by atomic mass is 32.2. The molecule has 0 saturated carbocycles. The van der Waals surface area contributed by atoms with Crippen LogP contribution in [0.1, 0.15) is 0 Å². The van der Waals surface area contributed by atoms with Crippen LogP contribution in [0.4, 0.5) is 0 Å². The van der Waals surface area contributed by atoms with Gasteiger partial charge >= 0.3 is 0 Å². The van der Waals surface area contributed by atoms with Crippen LogP contribution < -0.4 is 10.1 Å². The minimum Gasteiger partial charge on any atom is -0.755 e. The minimum absolute atomic E-state index is 0.543. The molecule has 1 heterocycles. The quantitative estimate of drug-likeness (QED) is 0.634. The standard InChI is InChI=1S/C11H14N2O3S/c1-12-6-8-16-11-4-2-3-10-9(11)5-7-13(10)17(14)15/h2-5,7,12H,6,8H2,1H3,(H,14,15)/p-1. The molecule has 1 aromatic heterocycles. The van der Waals surface area contributed by atoms with Crippen molar-refractivity contribution in [2.45, 2.75) is 0 Å². The summed E-state index contributed by atoms with van der Waals surface area (Å²) < 4.78 is 28.7. The van der Waals surface area contributed by atoms with E-state index in [2.05, 4.69) is 5.32 Å². The Hall–Kier alpha value is -1.37. The third kappa shape index (κ3) is 2.49. The van der Waals surface area contributed by atoms with Gasteiger partial charge in [-0.1, -0.05) is 6.07 Å². The Morgan fingerprint density at radius 1 is 1.47 bits per heavy atom. The van der Waals surface area contributed by atoms with E-state index in [0.29, 0.717) is 17.9 Å². The Morgan fingerprint density at radius 3 is 3.00 bits per heavy atom. The summed E-state index contributed by atoms with van der Waals surface area (Å²) in [5.41, 5.74) is 0.625. The van der Waals surface area contributed by atoms with Crippen LogP contribution in [0.25, 0.3) is 10.9 Å². The molecule has 0 aliphatic carbocycles. The predicted octanol–water partition coefficient (Wildman–Crippen LogP) is 0.882. The number of rotatable bonds is 5. The maximum Gasteiger partial charge on any atom is 0.128 e. The highest BCUT2D eigenvalue weighted by Gasteiger charge is 2.06. The van der Waals surface area contributed by atoms with Crippen molar-refractivity contribution in [1.82, 2.24) is 9.29 Å². The van der Waals surface area contributed by atoms with Gasteiger partial charge < -0.3 is 14.6 Å². The van der Waals surface area contributed by atoms with Gasteiger partial charge in [0.2, 0.25) is 0 Å². The second kappa shape index (κ2) is 5.31. The first-order chi connectivity index (χ1) is 8.24. The Bertz CT molecular complexity index is 538. The topological polar surface area (TPSA) is 66.3 Å². The van der Waals surface area contributed by atoms with E-state index in [4.69, 9.17) is 4.74 Å². The fraction of sp³-hybridized carbons (Fsp3) is 0.273. The number of likely N-dealkylation sites (N-methyl/N-ethyl adjacent to an activating group) is 1. The SMILES string of the molecule is CNCCOc1cccc2c1ccn2S(=O)[O-]. The van der Waals surface area contributed by atoms with Gasteiger partial charge in [0.05, 0.1) is 16.8 Å². The second-order valence-corrected chi connectivity index (χ2v) is 4.33. The Balaban J connectivity index is 2.34. The first-order valence-electron chi connectivity index (χ1n) is 5.21. The molecule has 92 valence electrons. The summed E-state index contributed by atoms with van der Waals surface area (Å²) in [6.45, 7) is 1.28. The summed E-state index contributed by atoms with van der Waals surface area (Å²) in [5, 5.41) is 3.78. The van der Waals surface area contributed by atoms with E-state index in [0.717, 1.165) is 11.9 Å². The second-order valence-electron chi connectivity index (χ2n) is 3.50. The molecule has 0 fully saturated rings. The fourth-order valence-corrected chi connectivity index (χ4v) is 2.11. The molecule has 0 aliphatic rings. The van der Waals surface area contributed by atoms with E-state index in [1.807, 2.05) is 13.1 Å². The van der Waals surface area contributed by atoms with E-state index in [-0.39, 0.29) is 0 Å². The number of nitrogens with one attached hydrogen (secondary N) is 1. The summed E-state index contributed by atoms with van der Waals surface area (Å²) in [4.78, 5) is 0. The minimum atomic E-state index is -2.29. The van der Waals surface area contributed by atoms with Crippen molar-refractivity contribution in [2.24, 2.45) is 0 Å². The van der Waals surface area contributed by atoms with Gasteiger partial charge in [-0.25, -0.2) is 0 Å². The van der Waals surface area contributed by atoms with Gasteiger partial charge in [0.1, 0.15) is 12.4 Å². The number of nitrogens with zero attached hydrogens (tertiary/aromatic N) is 1. The van der Waals surface area contributed by atoms with E-state index < -0.39 is 11.3 Å². The molecule has 0 saturated heterocycles. The lowest BCUT2D eigenvalue weighted by atomic mass is 10.2. The molecule has 17 heavy (non-hydrogen) atoms. The molecule has 0 amide bonds. The van der Waals surface area contributed by atoms with Crippen molar-refractivity contribution in [1.29, 1.82) is 0 Å². The third-order valence-electron chi connectivity index (χ3n) is 2.43. The molecule has 5 nitrogen and oxygen atoms in total. The van der Waals surface area contributed by atoms with Gasteiger partial charge in [0.15, 0.2) is 0 Å². The molecule has 1 aromatic carbocycles. The maximum atomic E-state index is 11.0. The molecule has 0 aliphatic heterocycles. The molecule has 2 aromatic rings. The van der Waals surface area contributed by atoms with E-state index in [1.165, 1.54) is 10.2 Å². The molecule has 0 spiro atoms. The summed E-state index contributed by atoms with van der Waals surface area (Å²) in [6.07, 6.45) is 1.51. The zero-order valence-electron chi connectivity index (χ0n) is 9.38. The molecule has 0 radical (unpaired) electrons. The van der Waals surface area contributed by atoms with Crippen molar-refractivity contribution in [3.8, 4) is 5.75 Å². The Morgan fingerprint density at radius 2 is 2.29 bits per heavy atom. The summed E-state index contributed by atoms with van der Waals surface area (Å²) in [7, 11) is 1.85. The monoisotopic (exact) mass is 253 g/mol. The van der Waals surface area contributed by atoms with Crippen molar-refractivity contribution in [2.75, 3.05) is 20.2 Å². The molecule has 2 rings (SSSR count). The Labute approximate surface area is 102 Å². The predicted molar refractivity (Wildman–Crippen MR) is 65.7 cm³/mol. The van der Waals surface area contributed by atoms with Gasteiger partial charge in [-0.15, -0.1) is 0 Å². The van der Waals surface area contributed by atoms with Gasteiger partial charge in [-0.2, -0.15) is 0 Å². The zero-order valence-corrected chi connectivity index (χ0v) is 10.2. The third-order valence-corrected chi connectivity index (χ3v) is 3.07. The zero-order chi connectivity index (χ0) is 12.3. The van der Waals surface area contributed by atoms with Crippen molar-refractivity contribution >= 4 is 22.2 Å². The number of aromatic nitrogens is 1. The smallest absolute Gasteiger partial charge is 0.128 e. The molecule has 1 unspecified atom stereocenters. The van der Waals surface area contributed by atoms with Crippen LogP contribution in [-0.2, 0) is 11.3 Å². The van der Waals surface area contributed by atoms with Crippen LogP contribution in [0.15, 0.2) is 30.5 Å². The lowest BCUT2D eigenvalue weighted by Gasteiger charge is -2.10. The average Bonchev–Trinajstić information content (AvgIpc) is 2.74. The van der Waals surface area contributed by atoms with Crippen molar-refractivity contribution in [3.63, 3.8) is 0 Å². The number of hydrogen-bond acceptors (Lipinski definition) is 4. The van der Waals surface area contributed by atoms with Crippen LogP contribution >= 0.6 is 0 Å². The van der Waals surface area contributed by atoms with Gasteiger partial charge in [0, 0.05) is 18.1 Å². The first kappa shape index (κ1) is 12.1. The maximum absolute atomic E-state index is 11.0. The van der Waals surface area contributed by atoms with Gasteiger partial charge in [-0.05, 0) is 25.2 Å².